The third kappa shape index (κ3) is 4.94. The number of carboxylic acid groups (broad SMARTS) is 1. The topological polar surface area (TPSA) is 65.0 Å². The summed E-state index contributed by atoms with van der Waals surface area (Å²) in [4.78, 5) is 10.5. The Hall–Kier alpha value is -1.87. The van der Waals surface area contributed by atoms with E-state index in [1.165, 1.54) is 12.1 Å². The lowest BCUT2D eigenvalue weighted by Gasteiger charge is -2.53. The molecule has 1 aromatic rings. The van der Waals surface area contributed by atoms with E-state index in [-0.39, 0.29) is 17.8 Å². The van der Waals surface area contributed by atoms with Gasteiger partial charge in [0.05, 0.1) is 12.2 Å². The van der Waals surface area contributed by atoms with E-state index in [4.69, 9.17) is 19.3 Å². The molecule has 1 aromatic carbocycles. The highest BCUT2D eigenvalue weighted by atomic mass is 19.4. The van der Waals surface area contributed by atoms with E-state index in [0.717, 1.165) is 18.9 Å². The standard InChI is InChI=1S/C19H22F4O5/c20-14-7-13(8-15(9-14)27-12-19(21,22)23)18-3-1-17(2-4-18,11-28-18)5-6-26-10-16(24)25/h7-9H,1-6,10-12H2,(H,24,25). The average molecular weight is 406 g/mol. The van der Waals surface area contributed by atoms with Crippen LogP contribution in [0.3, 0.4) is 0 Å². The van der Waals surface area contributed by atoms with Gasteiger partial charge in [0.15, 0.2) is 6.61 Å². The summed E-state index contributed by atoms with van der Waals surface area (Å²) < 4.78 is 67.0. The van der Waals surface area contributed by atoms with Crippen LogP contribution in [0.1, 0.15) is 37.7 Å². The van der Waals surface area contributed by atoms with E-state index in [1.807, 2.05) is 0 Å². The third-order valence-electron chi connectivity index (χ3n) is 5.58. The van der Waals surface area contributed by atoms with Gasteiger partial charge in [-0.05, 0) is 55.2 Å². The van der Waals surface area contributed by atoms with E-state index in [9.17, 15) is 22.4 Å². The maximum atomic E-state index is 14.0. The van der Waals surface area contributed by atoms with Gasteiger partial charge in [-0.1, -0.05) is 0 Å². The summed E-state index contributed by atoms with van der Waals surface area (Å²) in [5, 5.41) is 8.61. The summed E-state index contributed by atoms with van der Waals surface area (Å²) in [7, 11) is 0. The minimum atomic E-state index is -4.50. The van der Waals surface area contributed by atoms with Crippen LogP contribution in [0.15, 0.2) is 18.2 Å². The Bertz CT molecular complexity index is 694. The maximum absolute atomic E-state index is 14.0. The molecule has 0 spiro atoms. The van der Waals surface area contributed by atoms with Gasteiger partial charge in [0, 0.05) is 12.7 Å². The van der Waals surface area contributed by atoms with E-state index in [0.29, 0.717) is 38.0 Å². The third-order valence-corrected chi connectivity index (χ3v) is 5.58. The van der Waals surface area contributed by atoms with Crippen molar-refractivity contribution >= 4 is 5.97 Å². The molecule has 28 heavy (non-hydrogen) atoms. The Morgan fingerprint density at radius 3 is 2.46 bits per heavy atom. The second-order valence-electron chi connectivity index (χ2n) is 7.56. The maximum Gasteiger partial charge on any atom is 0.422 e. The molecule has 1 N–H and O–H groups in total. The van der Waals surface area contributed by atoms with Crippen LogP contribution in [0.5, 0.6) is 5.75 Å². The Labute approximate surface area is 159 Å². The van der Waals surface area contributed by atoms with Gasteiger partial charge in [-0.3, -0.25) is 0 Å². The van der Waals surface area contributed by atoms with E-state index in [2.05, 4.69) is 0 Å². The first-order valence-electron chi connectivity index (χ1n) is 9.06. The summed E-state index contributed by atoms with van der Waals surface area (Å²) in [5.74, 6) is -1.86. The zero-order chi connectivity index (χ0) is 20.4. The van der Waals surface area contributed by atoms with Crippen LogP contribution in [0.2, 0.25) is 0 Å². The van der Waals surface area contributed by atoms with Crippen LogP contribution in [-0.2, 0) is 19.9 Å². The molecule has 4 rings (SSSR count). The first-order chi connectivity index (χ1) is 13.1. The number of carboxylic acids is 1. The monoisotopic (exact) mass is 406 g/mol. The number of alkyl halides is 3. The molecule has 5 nitrogen and oxygen atoms in total. The SMILES string of the molecule is O=C(O)COCCC12CCC(c3cc(F)cc(OCC(F)(F)F)c3)(CC1)OC2. The molecule has 1 saturated carbocycles. The van der Waals surface area contributed by atoms with Gasteiger partial charge in [-0.2, -0.15) is 13.2 Å². The van der Waals surface area contributed by atoms with Gasteiger partial charge in [-0.25, -0.2) is 9.18 Å². The zero-order valence-corrected chi connectivity index (χ0v) is 15.2. The first-order valence-corrected chi connectivity index (χ1v) is 9.06. The van der Waals surface area contributed by atoms with Crippen molar-refractivity contribution in [1.82, 2.24) is 0 Å². The highest BCUT2D eigenvalue weighted by Crippen LogP contribution is 2.55. The molecule has 0 aromatic heterocycles. The predicted octanol–water partition coefficient (Wildman–Crippen LogP) is 4.04. The molecule has 1 aliphatic carbocycles. The average Bonchev–Trinajstić information content (AvgIpc) is 2.64. The lowest BCUT2D eigenvalue weighted by atomic mass is 9.63. The van der Waals surface area contributed by atoms with Gasteiger partial charge in [-0.15, -0.1) is 0 Å². The van der Waals surface area contributed by atoms with Gasteiger partial charge in [0.1, 0.15) is 18.2 Å². The fourth-order valence-electron chi connectivity index (χ4n) is 3.98. The number of aliphatic carboxylic acids is 1. The predicted molar refractivity (Wildman–Crippen MR) is 89.6 cm³/mol. The summed E-state index contributed by atoms with van der Waals surface area (Å²) >= 11 is 0. The fourth-order valence-corrected chi connectivity index (χ4v) is 3.98. The van der Waals surface area contributed by atoms with Crippen molar-refractivity contribution in [3.63, 3.8) is 0 Å². The van der Waals surface area contributed by atoms with Crippen molar-refractivity contribution in [2.45, 2.75) is 43.9 Å². The summed E-state index contributed by atoms with van der Waals surface area (Å²) in [6.07, 6.45) is -1.04. The van der Waals surface area contributed by atoms with Crippen LogP contribution in [0.4, 0.5) is 17.6 Å². The van der Waals surface area contributed by atoms with Crippen molar-refractivity contribution < 1.29 is 41.7 Å². The molecule has 0 atom stereocenters. The number of benzene rings is 1. The van der Waals surface area contributed by atoms with Crippen molar-refractivity contribution in [3.8, 4) is 5.75 Å². The van der Waals surface area contributed by atoms with Crippen molar-refractivity contribution in [3.05, 3.63) is 29.6 Å². The number of rotatable bonds is 8. The fraction of sp³-hybridized carbons (Fsp3) is 0.632. The van der Waals surface area contributed by atoms with E-state index in [1.54, 1.807) is 0 Å². The van der Waals surface area contributed by atoms with Crippen LogP contribution < -0.4 is 4.74 Å². The van der Waals surface area contributed by atoms with Crippen molar-refractivity contribution in [2.75, 3.05) is 26.4 Å². The van der Waals surface area contributed by atoms with Gasteiger partial charge >= 0.3 is 12.1 Å². The largest absolute Gasteiger partial charge is 0.484 e. The Morgan fingerprint density at radius 1 is 1.18 bits per heavy atom. The molecule has 0 radical (unpaired) electrons. The van der Waals surface area contributed by atoms with Gasteiger partial charge < -0.3 is 19.3 Å². The van der Waals surface area contributed by atoms with Crippen LogP contribution in [0, 0.1) is 11.2 Å². The normalized spacial score (nSPS) is 27.0. The van der Waals surface area contributed by atoms with Crippen molar-refractivity contribution in [1.29, 1.82) is 0 Å². The highest BCUT2D eigenvalue weighted by molar-refractivity contribution is 5.67. The number of carbonyl (C=O) groups is 1. The zero-order valence-electron chi connectivity index (χ0n) is 15.2. The van der Waals surface area contributed by atoms with Crippen molar-refractivity contribution in [2.24, 2.45) is 5.41 Å². The Kier molecular flexibility index (Phi) is 5.86. The Morgan fingerprint density at radius 2 is 1.89 bits per heavy atom. The smallest absolute Gasteiger partial charge is 0.422 e. The second kappa shape index (κ2) is 7.87. The minimum absolute atomic E-state index is 0.108. The second-order valence-corrected chi connectivity index (χ2v) is 7.56. The summed E-state index contributed by atoms with van der Waals surface area (Å²) in [5.41, 5.74) is -0.356. The molecule has 3 aliphatic rings. The lowest BCUT2D eigenvalue weighted by molar-refractivity contribution is -0.195. The van der Waals surface area contributed by atoms with Crippen LogP contribution in [-0.4, -0.2) is 43.7 Å². The summed E-state index contributed by atoms with van der Waals surface area (Å²) in [6, 6.07) is 3.64. The molecule has 0 amide bonds. The van der Waals surface area contributed by atoms with Gasteiger partial charge in [0.2, 0.25) is 0 Å². The number of halogens is 4. The molecular formula is C19H22F4O5. The van der Waals surface area contributed by atoms with Crippen LogP contribution >= 0.6 is 0 Å². The Balaban J connectivity index is 1.65. The van der Waals surface area contributed by atoms with Crippen LogP contribution in [0.25, 0.3) is 0 Å². The quantitative estimate of drug-likeness (QED) is 0.521. The molecule has 156 valence electrons. The molecule has 2 saturated heterocycles. The molecular weight excluding hydrogens is 384 g/mol. The van der Waals surface area contributed by atoms with E-state index < -0.39 is 30.2 Å². The minimum Gasteiger partial charge on any atom is -0.484 e. The molecule has 9 heteroatoms. The summed E-state index contributed by atoms with van der Waals surface area (Å²) in [6.45, 7) is -1.09. The lowest BCUT2D eigenvalue weighted by Crippen LogP contribution is -2.49. The number of hydrogen-bond acceptors (Lipinski definition) is 4. The molecule has 0 unspecified atom stereocenters. The molecule has 2 aliphatic heterocycles. The molecule has 3 fully saturated rings. The van der Waals surface area contributed by atoms with E-state index >= 15 is 0 Å². The molecule has 2 bridgehead atoms. The van der Waals surface area contributed by atoms with Gasteiger partial charge in [0.25, 0.3) is 0 Å². The first kappa shape index (κ1) is 20.9. The highest BCUT2D eigenvalue weighted by Gasteiger charge is 2.50. The number of hydrogen-bond donors (Lipinski definition) is 1. The number of ether oxygens (including phenoxy) is 3. The number of fused-ring (bicyclic) bond motifs is 3. The molecule has 2 heterocycles.